The SMILES string of the molecule is COc1cc(OC)c(N)c(C(=O)OCCO)c1. The Morgan fingerprint density at radius 1 is 1.35 bits per heavy atom. The summed E-state index contributed by atoms with van der Waals surface area (Å²) in [6, 6.07) is 3.02. The molecule has 0 saturated heterocycles. The Hall–Kier alpha value is -1.95. The molecule has 0 aliphatic carbocycles. The smallest absolute Gasteiger partial charge is 0.340 e. The number of rotatable bonds is 5. The number of hydrogen-bond acceptors (Lipinski definition) is 6. The minimum atomic E-state index is -0.631. The average Bonchev–Trinajstić information content (AvgIpc) is 2.36. The second kappa shape index (κ2) is 5.95. The molecule has 94 valence electrons. The lowest BCUT2D eigenvalue weighted by atomic mass is 10.1. The molecule has 1 rings (SSSR count). The third-order valence-corrected chi connectivity index (χ3v) is 2.12. The summed E-state index contributed by atoms with van der Waals surface area (Å²) in [5, 5.41) is 8.58. The Bertz CT molecular complexity index is 405. The van der Waals surface area contributed by atoms with Crippen molar-refractivity contribution in [2.24, 2.45) is 0 Å². The maximum Gasteiger partial charge on any atom is 0.340 e. The van der Waals surface area contributed by atoms with Crippen molar-refractivity contribution in [1.29, 1.82) is 0 Å². The number of aliphatic hydroxyl groups excluding tert-OH is 1. The molecule has 0 aliphatic heterocycles. The number of hydrogen-bond donors (Lipinski definition) is 2. The van der Waals surface area contributed by atoms with Crippen LogP contribution >= 0.6 is 0 Å². The van der Waals surface area contributed by atoms with Gasteiger partial charge in [-0.3, -0.25) is 0 Å². The van der Waals surface area contributed by atoms with Crippen LogP contribution in [0.3, 0.4) is 0 Å². The maximum absolute atomic E-state index is 11.6. The Morgan fingerprint density at radius 2 is 2.06 bits per heavy atom. The summed E-state index contributed by atoms with van der Waals surface area (Å²) in [5.74, 6) is 0.140. The average molecular weight is 241 g/mol. The van der Waals surface area contributed by atoms with Gasteiger partial charge in [0.1, 0.15) is 18.1 Å². The van der Waals surface area contributed by atoms with Crippen LogP contribution in [-0.2, 0) is 4.74 Å². The lowest BCUT2D eigenvalue weighted by Crippen LogP contribution is -2.12. The number of aliphatic hydroxyl groups is 1. The molecule has 0 fully saturated rings. The van der Waals surface area contributed by atoms with Crippen LogP contribution in [0.15, 0.2) is 12.1 Å². The van der Waals surface area contributed by atoms with E-state index in [4.69, 9.17) is 25.1 Å². The van der Waals surface area contributed by atoms with E-state index >= 15 is 0 Å². The molecule has 17 heavy (non-hydrogen) atoms. The van der Waals surface area contributed by atoms with Gasteiger partial charge in [0.2, 0.25) is 0 Å². The number of carbonyl (C=O) groups is 1. The third kappa shape index (κ3) is 3.01. The lowest BCUT2D eigenvalue weighted by molar-refractivity contribution is 0.0434. The van der Waals surface area contributed by atoms with Gasteiger partial charge in [-0.2, -0.15) is 0 Å². The van der Waals surface area contributed by atoms with Gasteiger partial charge in [0.25, 0.3) is 0 Å². The quantitative estimate of drug-likeness (QED) is 0.574. The van der Waals surface area contributed by atoms with Crippen molar-refractivity contribution in [3.8, 4) is 11.5 Å². The van der Waals surface area contributed by atoms with E-state index < -0.39 is 5.97 Å². The predicted molar refractivity (Wildman–Crippen MR) is 61.3 cm³/mol. The maximum atomic E-state index is 11.6. The minimum absolute atomic E-state index is 0.0855. The largest absolute Gasteiger partial charge is 0.497 e. The van der Waals surface area contributed by atoms with Gasteiger partial charge in [0.15, 0.2) is 0 Å². The van der Waals surface area contributed by atoms with Crippen molar-refractivity contribution >= 4 is 11.7 Å². The highest BCUT2D eigenvalue weighted by atomic mass is 16.5. The molecule has 6 heteroatoms. The highest BCUT2D eigenvalue weighted by molar-refractivity contribution is 5.97. The van der Waals surface area contributed by atoms with E-state index in [1.807, 2.05) is 0 Å². The van der Waals surface area contributed by atoms with Crippen molar-refractivity contribution in [3.63, 3.8) is 0 Å². The van der Waals surface area contributed by atoms with E-state index in [2.05, 4.69) is 0 Å². The van der Waals surface area contributed by atoms with E-state index in [1.165, 1.54) is 20.3 Å². The first-order chi connectivity index (χ1) is 8.13. The number of methoxy groups -OCH3 is 2. The summed E-state index contributed by atoms with van der Waals surface area (Å²) in [6.45, 7) is -0.329. The zero-order valence-electron chi connectivity index (χ0n) is 9.73. The predicted octanol–water partition coefficient (Wildman–Crippen LogP) is 0.435. The molecule has 0 amide bonds. The van der Waals surface area contributed by atoms with Crippen LogP contribution in [0.4, 0.5) is 5.69 Å². The Kier molecular flexibility index (Phi) is 4.59. The number of carbonyl (C=O) groups excluding carboxylic acids is 1. The first-order valence-corrected chi connectivity index (χ1v) is 4.93. The standard InChI is InChI=1S/C11H15NO5/c1-15-7-5-8(11(14)17-4-3-13)10(12)9(6-7)16-2/h5-6,13H,3-4,12H2,1-2H3. The summed E-state index contributed by atoms with van der Waals surface area (Å²) in [4.78, 5) is 11.6. The first kappa shape index (κ1) is 13.1. The molecule has 0 bridgehead atoms. The molecule has 0 aromatic heterocycles. The Labute approximate surface area is 98.9 Å². The van der Waals surface area contributed by atoms with Crippen molar-refractivity contribution in [1.82, 2.24) is 0 Å². The highest BCUT2D eigenvalue weighted by Gasteiger charge is 2.16. The van der Waals surface area contributed by atoms with E-state index in [-0.39, 0.29) is 24.5 Å². The molecule has 0 aliphatic rings. The number of ether oxygens (including phenoxy) is 3. The lowest BCUT2D eigenvalue weighted by Gasteiger charge is -2.11. The highest BCUT2D eigenvalue weighted by Crippen LogP contribution is 2.31. The second-order valence-electron chi connectivity index (χ2n) is 3.15. The normalized spacial score (nSPS) is 9.82. The molecule has 3 N–H and O–H groups in total. The Morgan fingerprint density at radius 3 is 2.59 bits per heavy atom. The van der Waals surface area contributed by atoms with Crippen molar-refractivity contribution in [2.45, 2.75) is 0 Å². The minimum Gasteiger partial charge on any atom is -0.497 e. The molecule has 0 radical (unpaired) electrons. The molecule has 1 aromatic carbocycles. The fraction of sp³-hybridized carbons (Fsp3) is 0.364. The van der Waals surface area contributed by atoms with Crippen LogP contribution in [0.2, 0.25) is 0 Å². The molecule has 0 spiro atoms. The second-order valence-corrected chi connectivity index (χ2v) is 3.15. The fourth-order valence-corrected chi connectivity index (χ4v) is 1.27. The van der Waals surface area contributed by atoms with E-state index in [0.717, 1.165) is 0 Å². The molecular formula is C11H15NO5. The number of esters is 1. The van der Waals surface area contributed by atoms with Gasteiger partial charge in [-0.25, -0.2) is 4.79 Å². The Balaban J connectivity index is 3.08. The monoisotopic (exact) mass is 241 g/mol. The van der Waals surface area contributed by atoms with E-state index in [9.17, 15) is 4.79 Å². The van der Waals surface area contributed by atoms with Crippen LogP contribution in [0.5, 0.6) is 11.5 Å². The molecule has 0 heterocycles. The van der Waals surface area contributed by atoms with Crippen LogP contribution < -0.4 is 15.2 Å². The third-order valence-electron chi connectivity index (χ3n) is 2.12. The van der Waals surface area contributed by atoms with Crippen LogP contribution in [-0.4, -0.2) is 38.5 Å². The van der Waals surface area contributed by atoms with E-state index in [1.54, 1.807) is 6.07 Å². The summed E-state index contributed by atoms with van der Waals surface area (Å²) >= 11 is 0. The van der Waals surface area contributed by atoms with Gasteiger partial charge in [-0.1, -0.05) is 0 Å². The van der Waals surface area contributed by atoms with Crippen molar-refractivity contribution in [2.75, 3.05) is 33.2 Å². The molecule has 6 nitrogen and oxygen atoms in total. The van der Waals surface area contributed by atoms with Crippen molar-refractivity contribution < 1.29 is 24.1 Å². The number of anilines is 1. The zero-order chi connectivity index (χ0) is 12.8. The molecule has 0 atom stereocenters. The van der Waals surface area contributed by atoms with Gasteiger partial charge in [-0.15, -0.1) is 0 Å². The van der Waals surface area contributed by atoms with Gasteiger partial charge in [0, 0.05) is 6.07 Å². The fourth-order valence-electron chi connectivity index (χ4n) is 1.27. The van der Waals surface area contributed by atoms with Crippen molar-refractivity contribution in [3.05, 3.63) is 17.7 Å². The summed E-state index contributed by atoms with van der Waals surface area (Å²) in [7, 11) is 2.90. The van der Waals surface area contributed by atoms with Gasteiger partial charge in [0.05, 0.1) is 32.1 Å². The van der Waals surface area contributed by atoms with E-state index in [0.29, 0.717) is 11.5 Å². The van der Waals surface area contributed by atoms with Crippen LogP contribution in [0.1, 0.15) is 10.4 Å². The number of nitrogens with two attached hydrogens (primary N) is 1. The number of nitrogen functional groups attached to an aromatic ring is 1. The summed E-state index contributed by atoms with van der Waals surface area (Å²) < 4.78 is 14.8. The molecule has 0 unspecified atom stereocenters. The summed E-state index contributed by atoms with van der Waals surface area (Å²) in [6.07, 6.45) is 0. The van der Waals surface area contributed by atoms with Gasteiger partial charge < -0.3 is 25.1 Å². The van der Waals surface area contributed by atoms with Gasteiger partial charge >= 0.3 is 5.97 Å². The zero-order valence-corrected chi connectivity index (χ0v) is 9.73. The molecule has 1 aromatic rings. The van der Waals surface area contributed by atoms with Gasteiger partial charge in [-0.05, 0) is 6.07 Å². The topological polar surface area (TPSA) is 91.0 Å². The molecule has 0 saturated carbocycles. The first-order valence-electron chi connectivity index (χ1n) is 4.93. The van der Waals surface area contributed by atoms with Crippen LogP contribution in [0, 0.1) is 0 Å². The van der Waals surface area contributed by atoms with Crippen LogP contribution in [0.25, 0.3) is 0 Å². The molecular weight excluding hydrogens is 226 g/mol. The number of benzene rings is 1. The summed E-state index contributed by atoms with van der Waals surface area (Å²) in [5.41, 5.74) is 6.07.